The number of fused-ring (bicyclic) bond motifs is 1. The van der Waals surface area contributed by atoms with Gasteiger partial charge in [-0.05, 0) is 36.6 Å². The first-order valence-electron chi connectivity index (χ1n) is 6.73. The summed E-state index contributed by atoms with van der Waals surface area (Å²) in [5.74, 6) is 7.15. The molecular weight excluding hydrogens is 248 g/mol. The number of nitrogens with zero attached hydrogens (tertiary/aromatic N) is 1. The number of anilines is 1. The maximum absolute atomic E-state index is 5.16. The predicted octanol–water partition coefficient (Wildman–Crippen LogP) is 2.85. The van der Waals surface area contributed by atoms with E-state index in [2.05, 4.69) is 34.3 Å². The molecule has 0 bridgehead atoms. The SMILES string of the molecule is COc1cncc(C#Cc2cccc3c2CCCN3)c1. The van der Waals surface area contributed by atoms with Crippen LogP contribution in [-0.2, 0) is 6.42 Å². The average molecular weight is 264 g/mol. The van der Waals surface area contributed by atoms with E-state index < -0.39 is 0 Å². The number of pyridine rings is 1. The molecule has 2 heterocycles. The lowest BCUT2D eigenvalue weighted by atomic mass is 9.98. The molecule has 2 aromatic rings. The second-order valence-electron chi connectivity index (χ2n) is 4.73. The summed E-state index contributed by atoms with van der Waals surface area (Å²) in [6.07, 6.45) is 5.68. The van der Waals surface area contributed by atoms with E-state index in [4.69, 9.17) is 4.74 Å². The number of benzene rings is 1. The number of hydrogen-bond acceptors (Lipinski definition) is 3. The maximum Gasteiger partial charge on any atom is 0.138 e. The van der Waals surface area contributed by atoms with E-state index in [9.17, 15) is 0 Å². The van der Waals surface area contributed by atoms with Gasteiger partial charge in [0.2, 0.25) is 0 Å². The lowest BCUT2D eigenvalue weighted by Gasteiger charge is -2.18. The molecule has 1 N–H and O–H groups in total. The molecule has 1 aliphatic rings. The fraction of sp³-hybridized carbons (Fsp3) is 0.235. The van der Waals surface area contributed by atoms with Crippen molar-refractivity contribution in [1.29, 1.82) is 0 Å². The maximum atomic E-state index is 5.16. The molecule has 1 aromatic heterocycles. The lowest BCUT2D eigenvalue weighted by Crippen LogP contribution is -2.12. The van der Waals surface area contributed by atoms with Gasteiger partial charge in [0.1, 0.15) is 5.75 Å². The Morgan fingerprint density at radius 1 is 1.25 bits per heavy atom. The highest BCUT2D eigenvalue weighted by atomic mass is 16.5. The van der Waals surface area contributed by atoms with Gasteiger partial charge in [-0.15, -0.1) is 0 Å². The molecule has 100 valence electrons. The van der Waals surface area contributed by atoms with Crippen LogP contribution in [0.4, 0.5) is 5.69 Å². The highest BCUT2D eigenvalue weighted by molar-refractivity contribution is 5.61. The molecule has 0 amide bonds. The summed E-state index contributed by atoms with van der Waals surface area (Å²) in [5, 5.41) is 3.42. The molecule has 0 atom stereocenters. The normalized spacial score (nSPS) is 12.7. The van der Waals surface area contributed by atoms with Crippen molar-refractivity contribution in [3.05, 3.63) is 53.3 Å². The zero-order valence-corrected chi connectivity index (χ0v) is 11.4. The van der Waals surface area contributed by atoms with Crippen LogP contribution in [0.15, 0.2) is 36.7 Å². The highest BCUT2D eigenvalue weighted by Gasteiger charge is 2.10. The molecule has 0 saturated heterocycles. The predicted molar refractivity (Wildman–Crippen MR) is 80.0 cm³/mol. The third-order valence-electron chi connectivity index (χ3n) is 3.39. The Balaban J connectivity index is 1.94. The van der Waals surface area contributed by atoms with Gasteiger partial charge in [-0.1, -0.05) is 17.9 Å². The molecule has 0 aliphatic carbocycles. The summed E-state index contributed by atoms with van der Waals surface area (Å²) in [6.45, 7) is 1.05. The fourth-order valence-electron chi connectivity index (χ4n) is 2.37. The number of ether oxygens (including phenoxy) is 1. The Labute approximate surface area is 119 Å². The van der Waals surface area contributed by atoms with E-state index in [-0.39, 0.29) is 0 Å². The molecule has 0 radical (unpaired) electrons. The highest BCUT2D eigenvalue weighted by Crippen LogP contribution is 2.24. The van der Waals surface area contributed by atoms with Crippen LogP contribution in [-0.4, -0.2) is 18.6 Å². The lowest BCUT2D eigenvalue weighted by molar-refractivity contribution is 0.413. The van der Waals surface area contributed by atoms with Crippen molar-refractivity contribution in [3.8, 4) is 17.6 Å². The molecule has 3 nitrogen and oxygen atoms in total. The van der Waals surface area contributed by atoms with Crippen molar-refractivity contribution in [3.63, 3.8) is 0 Å². The Hall–Kier alpha value is -2.47. The summed E-state index contributed by atoms with van der Waals surface area (Å²) >= 11 is 0. The first-order valence-corrected chi connectivity index (χ1v) is 6.73. The van der Waals surface area contributed by atoms with E-state index in [1.54, 1.807) is 19.5 Å². The van der Waals surface area contributed by atoms with E-state index >= 15 is 0 Å². The molecular formula is C17H16N2O. The van der Waals surface area contributed by atoms with E-state index in [1.807, 2.05) is 12.1 Å². The van der Waals surface area contributed by atoms with Crippen LogP contribution >= 0.6 is 0 Å². The van der Waals surface area contributed by atoms with Gasteiger partial charge >= 0.3 is 0 Å². The summed E-state index contributed by atoms with van der Waals surface area (Å²) < 4.78 is 5.16. The van der Waals surface area contributed by atoms with Gasteiger partial charge in [0, 0.05) is 29.6 Å². The summed E-state index contributed by atoms with van der Waals surface area (Å²) in [4.78, 5) is 4.12. The molecule has 1 aromatic carbocycles. The van der Waals surface area contributed by atoms with E-state index in [0.717, 1.165) is 36.3 Å². The third-order valence-corrected chi connectivity index (χ3v) is 3.39. The number of hydrogen-bond donors (Lipinski definition) is 1. The van der Waals surface area contributed by atoms with Gasteiger partial charge in [-0.25, -0.2) is 0 Å². The Morgan fingerprint density at radius 2 is 2.20 bits per heavy atom. The van der Waals surface area contributed by atoms with Crippen LogP contribution in [0.25, 0.3) is 0 Å². The largest absolute Gasteiger partial charge is 0.495 e. The summed E-state index contributed by atoms with van der Waals surface area (Å²) in [5.41, 5.74) is 4.50. The molecule has 0 fully saturated rings. The first-order chi connectivity index (χ1) is 9.86. The van der Waals surface area contributed by atoms with Crippen LogP contribution in [0.1, 0.15) is 23.1 Å². The van der Waals surface area contributed by atoms with Gasteiger partial charge in [0.05, 0.1) is 13.3 Å². The number of methoxy groups -OCH3 is 1. The number of nitrogens with one attached hydrogen (secondary N) is 1. The Kier molecular flexibility index (Phi) is 3.56. The fourth-order valence-corrected chi connectivity index (χ4v) is 2.37. The van der Waals surface area contributed by atoms with E-state index in [1.165, 1.54) is 11.3 Å². The Bertz CT molecular complexity index is 683. The first kappa shape index (κ1) is 12.6. The minimum absolute atomic E-state index is 0.730. The molecule has 3 heteroatoms. The zero-order valence-electron chi connectivity index (χ0n) is 11.4. The Morgan fingerprint density at radius 3 is 3.10 bits per heavy atom. The second-order valence-corrected chi connectivity index (χ2v) is 4.73. The van der Waals surface area contributed by atoms with Crippen molar-refractivity contribution in [2.75, 3.05) is 19.0 Å². The molecule has 0 unspecified atom stereocenters. The monoisotopic (exact) mass is 264 g/mol. The van der Waals surface area contributed by atoms with Gasteiger partial charge in [0.25, 0.3) is 0 Å². The van der Waals surface area contributed by atoms with Gasteiger partial charge in [0.15, 0.2) is 0 Å². The molecule has 1 aliphatic heterocycles. The van der Waals surface area contributed by atoms with Crippen molar-refractivity contribution in [2.45, 2.75) is 12.8 Å². The zero-order chi connectivity index (χ0) is 13.8. The van der Waals surface area contributed by atoms with Crippen molar-refractivity contribution >= 4 is 5.69 Å². The minimum Gasteiger partial charge on any atom is -0.495 e. The van der Waals surface area contributed by atoms with Crippen LogP contribution < -0.4 is 10.1 Å². The molecule has 20 heavy (non-hydrogen) atoms. The number of aromatic nitrogens is 1. The molecule has 0 saturated carbocycles. The summed E-state index contributed by atoms with van der Waals surface area (Å²) in [7, 11) is 1.63. The standard InChI is InChI=1S/C17H16N2O/c1-20-15-10-13(11-18-12-15)7-8-14-4-2-6-17-16(14)5-3-9-19-17/h2,4,6,10-12,19H,3,5,9H2,1H3. The minimum atomic E-state index is 0.730. The quantitative estimate of drug-likeness (QED) is 0.804. The molecule has 3 rings (SSSR count). The van der Waals surface area contributed by atoms with Crippen LogP contribution in [0, 0.1) is 11.8 Å². The van der Waals surface area contributed by atoms with Crippen molar-refractivity contribution in [1.82, 2.24) is 4.98 Å². The van der Waals surface area contributed by atoms with Gasteiger partial charge in [-0.3, -0.25) is 4.98 Å². The number of rotatable bonds is 1. The van der Waals surface area contributed by atoms with Crippen LogP contribution in [0.2, 0.25) is 0 Å². The topological polar surface area (TPSA) is 34.1 Å². The van der Waals surface area contributed by atoms with Crippen molar-refractivity contribution in [2.24, 2.45) is 0 Å². The van der Waals surface area contributed by atoms with Crippen LogP contribution in [0.5, 0.6) is 5.75 Å². The van der Waals surface area contributed by atoms with E-state index in [0.29, 0.717) is 0 Å². The second kappa shape index (κ2) is 5.66. The van der Waals surface area contributed by atoms with Gasteiger partial charge in [-0.2, -0.15) is 0 Å². The third kappa shape index (κ3) is 2.60. The van der Waals surface area contributed by atoms with Crippen molar-refractivity contribution < 1.29 is 4.74 Å². The molecule has 0 spiro atoms. The average Bonchev–Trinajstić information content (AvgIpc) is 2.53. The van der Waals surface area contributed by atoms with Gasteiger partial charge < -0.3 is 10.1 Å². The summed E-state index contributed by atoms with van der Waals surface area (Å²) in [6, 6.07) is 8.14. The van der Waals surface area contributed by atoms with Crippen LogP contribution in [0.3, 0.4) is 0 Å². The smallest absolute Gasteiger partial charge is 0.138 e.